The molecule has 0 radical (unpaired) electrons. The van der Waals surface area contributed by atoms with E-state index in [4.69, 9.17) is 22.9 Å². The van der Waals surface area contributed by atoms with Gasteiger partial charge in [-0.3, -0.25) is 67.1 Å². The number of nitrogens with two attached hydrogens (primary N) is 4. The first-order valence-corrected chi connectivity index (χ1v) is 39.2. The second-order valence-corrected chi connectivity index (χ2v) is 29.7. The maximum Gasteiger partial charge on any atom is 0.245 e. The number of amides is 14. The monoisotopic (exact) mass is 1590 g/mol. The minimum atomic E-state index is -1.94. The molecule has 1 saturated heterocycles. The summed E-state index contributed by atoms with van der Waals surface area (Å²) in [4.78, 5) is 203. The minimum Gasteiger partial charge on any atom is -0.394 e. The van der Waals surface area contributed by atoms with Gasteiger partial charge in [0.05, 0.1) is 31.4 Å². The average Bonchev–Trinajstić information content (AvgIpc) is 1.55. The third-order valence-corrected chi connectivity index (χ3v) is 20.5. The summed E-state index contributed by atoms with van der Waals surface area (Å²) in [5.41, 5.74) is 25.9. The van der Waals surface area contributed by atoms with E-state index in [1.807, 2.05) is 0 Å². The normalized spacial score (nSPS) is 24.1. The molecule has 6 rings (SSSR count). The molecular formula is C75H104N18O17S2. The van der Waals surface area contributed by atoms with Crippen LogP contribution in [0.2, 0.25) is 0 Å². The molecular weight excluding hydrogens is 1490 g/mol. The molecule has 0 bridgehead atoms. The summed E-state index contributed by atoms with van der Waals surface area (Å²) in [7, 11) is 1.71. The summed E-state index contributed by atoms with van der Waals surface area (Å²) in [5, 5.41) is 66.6. The van der Waals surface area contributed by atoms with Crippen molar-refractivity contribution in [3.05, 3.63) is 144 Å². The molecule has 25 N–H and O–H groups in total. The van der Waals surface area contributed by atoms with E-state index in [-0.39, 0.29) is 76.0 Å². The zero-order valence-electron chi connectivity index (χ0n) is 62.7. The van der Waals surface area contributed by atoms with Crippen molar-refractivity contribution >= 4 is 115 Å². The number of aromatic nitrogens is 1. The van der Waals surface area contributed by atoms with Gasteiger partial charge >= 0.3 is 0 Å². The number of rotatable bonds is 24. The summed E-state index contributed by atoms with van der Waals surface area (Å²) in [5.74, 6) is -14.7. The second kappa shape index (κ2) is 46.3. The van der Waals surface area contributed by atoms with E-state index in [0.717, 1.165) is 28.5 Å². The Labute approximate surface area is 655 Å². The number of hydrogen-bond donors (Lipinski definition) is 21. The Hall–Kier alpha value is -10.5. The van der Waals surface area contributed by atoms with Crippen molar-refractivity contribution < 1.29 is 82.4 Å². The molecule has 1 aromatic heterocycles. The van der Waals surface area contributed by atoms with Gasteiger partial charge in [0.25, 0.3) is 0 Å². The van der Waals surface area contributed by atoms with Gasteiger partial charge in [-0.2, -0.15) is 0 Å². The molecule has 15 atom stereocenters. The number of aliphatic hydroxyl groups is 3. The van der Waals surface area contributed by atoms with Gasteiger partial charge < -0.3 is 112 Å². The summed E-state index contributed by atoms with van der Waals surface area (Å²) < 4.78 is 0. The highest BCUT2D eigenvalue weighted by Gasteiger charge is 2.39. The van der Waals surface area contributed by atoms with Crippen LogP contribution in [-0.2, 0) is 92.8 Å². The van der Waals surface area contributed by atoms with Gasteiger partial charge in [-0.15, -0.1) is 0 Å². The Balaban J connectivity index is 1.44. The van der Waals surface area contributed by atoms with E-state index in [2.05, 4.69) is 74.1 Å². The smallest absolute Gasteiger partial charge is 0.245 e. The topological polar surface area (TPSA) is 576 Å². The maximum atomic E-state index is 15.3. The number of aliphatic hydroxyl groups excluding tert-OH is 3. The highest BCUT2D eigenvalue weighted by Crippen LogP contribution is 2.24. The molecule has 608 valence electrons. The largest absolute Gasteiger partial charge is 0.394 e. The number of carbonyl (C=O) groups excluding carboxylic acids is 14. The molecule has 4 aromatic carbocycles. The fraction of sp³-hybridized carbons (Fsp3) is 0.467. The van der Waals surface area contributed by atoms with Crippen molar-refractivity contribution in [2.45, 2.75) is 183 Å². The van der Waals surface area contributed by atoms with Gasteiger partial charge in [0.2, 0.25) is 82.7 Å². The fourth-order valence-corrected chi connectivity index (χ4v) is 14.0. The number of carbonyl (C=O) groups is 14. The summed E-state index contributed by atoms with van der Waals surface area (Å²) in [6.07, 6.45) is -1.82. The third-order valence-electron chi connectivity index (χ3n) is 18.0. The van der Waals surface area contributed by atoms with E-state index in [1.54, 1.807) is 121 Å². The molecule has 37 heteroatoms. The Morgan fingerprint density at radius 2 is 0.866 bits per heavy atom. The van der Waals surface area contributed by atoms with Crippen LogP contribution in [0.15, 0.2) is 121 Å². The fourth-order valence-electron chi connectivity index (χ4n) is 11.7. The molecule has 0 unspecified atom stereocenters. The van der Waals surface area contributed by atoms with Crippen LogP contribution < -0.4 is 92.1 Å². The van der Waals surface area contributed by atoms with E-state index in [1.165, 1.54) is 20.8 Å². The van der Waals surface area contributed by atoms with Gasteiger partial charge in [0.15, 0.2) is 0 Å². The van der Waals surface area contributed by atoms with Crippen molar-refractivity contribution in [2.75, 3.05) is 37.7 Å². The molecule has 1 aliphatic rings. The van der Waals surface area contributed by atoms with Crippen LogP contribution in [-0.4, -0.2) is 232 Å². The summed E-state index contributed by atoms with van der Waals surface area (Å²) in [6, 6.07) is 11.8. The van der Waals surface area contributed by atoms with Crippen LogP contribution in [0.1, 0.15) is 88.5 Å². The summed E-state index contributed by atoms with van der Waals surface area (Å²) >= 11 is 0. The van der Waals surface area contributed by atoms with Crippen LogP contribution >= 0.6 is 21.6 Å². The van der Waals surface area contributed by atoms with Crippen molar-refractivity contribution in [1.82, 2.24) is 74.1 Å². The molecule has 14 amide bonds. The lowest BCUT2D eigenvalue weighted by molar-refractivity contribution is -0.138. The molecule has 0 saturated carbocycles. The van der Waals surface area contributed by atoms with E-state index in [0.29, 0.717) is 46.0 Å². The number of aromatic amines is 1. The Morgan fingerprint density at radius 1 is 0.473 bits per heavy atom. The third kappa shape index (κ3) is 29.3. The first kappa shape index (κ1) is 90.3. The molecule has 1 aliphatic heterocycles. The van der Waals surface area contributed by atoms with Crippen molar-refractivity contribution in [3.63, 3.8) is 0 Å². The number of hydrogen-bond acceptors (Lipinski definition) is 22. The number of unbranched alkanes of at least 4 members (excludes halogenated alkanes) is 2. The first-order chi connectivity index (χ1) is 53.5. The van der Waals surface area contributed by atoms with Crippen LogP contribution in [0.5, 0.6) is 0 Å². The van der Waals surface area contributed by atoms with Gasteiger partial charge in [-0.05, 0) is 108 Å². The number of fused-ring (bicyclic) bond motifs is 1. The van der Waals surface area contributed by atoms with E-state index >= 15 is 14.4 Å². The van der Waals surface area contributed by atoms with Gasteiger partial charge in [-0.1, -0.05) is 131 Å². The number of primary amides is 1. The Kier molecular flexibility index (Phi) is 37.4. The molecule has 2 heterocycles. The van der Waals surface area contributed by atoms with Crippen LogP contribution in [0.3, 0.4) is 0 Å². The predicted molar refractivity (Wildman–Crippen MR) is 418 cm³/mol. The predicted octanol–water partition coefficient (Wildman–Crippen LogP) is -4.37. The van der Waals surface area contributed by atoms with E-state index < -0.39 is 187 Å². The first-order valence-electron chi connectivity index (χ1n) is 36.7. The van der Waals surface area contributed by atoms with Crippen LogP contribution in [0, 0.1) is 0 Å². The van der Waals surface area contributed by atoms with Gasteiger partial charge in [-0.25, -0.2) is 0 Å². The highest BCUT2D eigenvalue weighted by atomic mass is 33.1. The van der Waals surface area contributed by atoms with Gasteiger partial charge in [0.1, 0.15) is 72.5 Å². The SMILES string of the molecule is C[C@H](N)C(=O)NCC(=O)N[C@H]1CSSC[C@@H](C(N)=O)NC(=O)[C@H](CO)NC(=O)[C@H]([C@@H](C)O)NC(=O)[C@H](Cc2ccccc2)NC(=O)[C@@H]([C@@H](C)O)NC(=O)[C@H](CCCCN)NC(=O)[C@H](Cc2c[nH]c3ccccc23)NC(=O)[C@H](Cc2ccccc2)NC(=O)[C@H](Cc2ccccc2)NC(=O)[C@H](C)NC(=O)[C@H](CCCCN)NC1=O. The lowest BCUT2D eigenvalue weighted by Gasteiger charge is -2.29. The second-order valence-electron chi connectivity index (χ2n) is 27.2. The molecule has 112 heavy (non-hydrogen) atoms. The molecule has 0 aliphatic carbocycles. The highest BCUT2D eigenvalue weighted by molar-refractivity contribution is 8.76. The Bertz CT molecular complexity index is 4000. The van der Waals surface area contributed by atoms with Crippen LogP contribution in [0.4, 0.5) is 0 Å². The van der Waals surface area contributed by atoms with Crippen molar-refractivity contribution in [1.29, 1.82) is 0 Å². The van der Waals surface area contributed by atoms with Gasteiger partial charge in [0, 0.05) is 54.3 Å². The van der Waals surface area contributed by atoms with E-state index in [9.17, 15) is 68.1 Å². The lowest BCUT2D eigenvalue weighted by atomic mass is 10.00. The number of nitrogens with one attached hydrogen (secondary N) is 14. The van der Waals surface area contributed by atoms with Crippen molar-refractivity contribution in [2.24, 2.45) is 22.9 Å². The quantitative estimate of drug-likeness (QED) is 0.0205. The molecule has 5 aromatic rings. The summed E-state index contributed by atoms with van der Waals surface area (Å²) in [6.45, 7) is 3.48. The molecule has 0 spiro atoms. The standard InChI is InChI=1S/C75H104N18O17S2/c1-41(78)64(99)81-37-60(97)83-59-40-112-111-39-58(63(79)98)91-72(107)57(38-94)90-75(110)62(44(4)96)93-71(106)55(34-47-24-12-7-13-25-47)89-74(109)61(43(3)95)92-67(102)52(29-17-19-31-77)84-70(105)56(35-48-36-80-50-27-15-14-26-49(48)50)88-69(104)54(33-46-22-10-6-11-23-46)87-68(103)53(32-45-20-8-5-9-21-45)86-65(100)42(2)82-66(101)51(85-73(59)108)28-16-18-30-76/h5-15,20-27,36,41-44,51-59,61-62,80,94-96H,16-19,28-35,37-40,76-78H2,1-4H3,(H2,79,98)(H,81,99)(H,82,101)(H,83,97)(H,84,105)(H,85,108)(H,86,100)(H,87,103)(H,88,104)(H,89,109)(H,90,110)(H,91,107)(H,92,102)(H,93,106)/t41-,42-,43+,44+,51-,52-,53-,54-,55-,56-,57-,58-,59-,61+,62-/m0/s1. The molecule has 1 fully saturated rings. The number of para-hydroxylation sites is 1. The van der Waals surface area contributed by atoms with Crippen LogP contribution in [0.25, 0.3) is 10.9 Å². The number of H-pyrrole nitrogens is 1. The lowest BCUT2D eigenvalue weighted by Crippen LogP contribution is -2.63. The Morgan fingerprint density at radius 3 is 1.33 bits per heavy atom. The minimum absolute atomic E-state index is 0.0716. The number of benzene rings is 4. The average molecular weight is 1590 g/mol. The zero-order valence-corrected chi connectivity index (χ0v) is 64.3. The molecule has 35 nitrogen and oxygen atoms in total. The van der Waals surface area contributed by atoms with Crippen molar-refractivity contribution in [3.8, 4) is 0 Å². The maximum absolute atomic E-state index is 15.3. The zero-order chi connectivity index (χ0) is 82.0.